The van der Waals surface area contributed by atoms with Gasteiger partial charge >= 0.3 is 0 Å². The zero-order valence-corrected chi connectivity index (χ0v) is 45.3. The molecule has 0 aliphatic heterocycles. The fraction of sp³-hybridized carbons (Fsp3) is 0.0571. The molecule has 3 heterocycles. The van der Waals surface area contributed by atoms with Crippen LogP contribution in [0.25, 0.3) is 72.3 Å². The summed E-state index contributed by atoms with van der Waals surface area (Å²) in [5.41, 5.74) is 4.41. The summed E-state index contributed by atoms with van der Waals surface area (Å²) in [5.74, 6) is 1.49. The SMILES string of the molecule is [2H]c1c([2H])c([2H])c(-c2cccc(-c3c([2H])c([2H])c([2H])c([2H])c3[2H])c2-[n+]2[c-]n(-c3[c-]c(Oc4[c-]c5c(cc4)c4ccc([Si](c6ccccc6)(c6ccccc6)c6ccccc6)cc4n5-c4cc(C(C)(C)C)ccn4)ccc3)c3ccccc32)c([2H])c1[2H].[Pt]. The molecule has 0 bridgehead atoms. The molecule has 0 unspecified atom stereocenters. The molecule has 0 saturated heterocycles. The smallest absolute Gasteiger partial charge is 0.268 e. The predicted molar refractivity (Wildman–Crippen MR) is 313 cm³/mol. The van der Waals surface area contributed by atoms with Crippen LogP contribution in [-0.4, -0.2) is 22.2 Å². The van der Waals surface area contributed by atoms with Crippen LogP contribution in [0.4, 0.5) is 0 Å². The van der Waals surface area contributed by atoms with Crippen molar-refractivity contribution < 1.29 is 44.1 Å². The molecule has 0 radical (unpaired) electrons. The third-order valence-corrected chi connectivity index (χ3v) is 18.9. The molecule has 13 rings (SSSR count). The number of ether oxygens (including phenoxy) is 1. The third-order valence-electron chi connectivity index (χ3n) is 14.1. The molecule has 3 aromatic heterocycles. The molecule has 7 heteroatoms. The van der Waals surface area contributed by atoms with Crippen LogP contribution < -0.4 is 30.1 Å². The number of benzene rings is 10. The second-order valence-corrected chi connectivity index (χ2v) is 23.4. The van der Waals surface area contributed by atoms with Crippen molar-refractivity contribution in [3.8, 4) is 50.9 Å². The van der Waals surface area contributed by atoms with E-state index in [9.17, 15) is 0 Å². The zero-order valence-electron chi connectivity index (χ0n) is 52.1. The Morgan fingerprint density at radius 2 is 1.10 bits per heavy atom. The normalized spacial score (nSPS) is 13.5. The second-order valence-electron chi connectivity index (χ2n) is 19.6. The fourth-order valence-electron chi connectivity index (χ4n) is 10.6. The number of rotatable bonds is 11. The van der Waals surface area contributed by atoms with Gasteiger partial charge in [-0.1, -0.05) is 232 Å². The number of hydrogen-bond acceptors (Lipinski definition) is 2. The van der Waals surface area contributed by atoms with E-state index in [0.29, 0.717) is 28.2 Å². The molecule has 0 fully saturated rings. The Bertz CT molecular complexity index is 4620. The van der Waals surface area contributed by atoms with E-state index in [1.807, 2.05) is 48.7 Å². The maximum atomic E-state index is 9.10. The summed E-state index contributed by atoms with van der Waals surface area (Å²) in [4.78, 5) is 5.07. The Hall–Kier alpha value is -8.67. The molecule has 77 heavy (non-hydrogen) atoms. The van der Waals surface area contributed by atoms with E-state index in [1.165, 1.54) is 20.7 Å². The van der Waals surface area contributed by atoms with Gasteiger partial charge < -0.3 is 13.9 Å². The van der Waals surface area contributed by atoms with E-state index in [4.69, 9.17) is 23.4 Å². The van der Waals surface area contributed by atoms with Crippen LogP contribution in [0.2, 0.25) is 0 Å². The quantitative estimate of drug-likeness (QED) is 0.0560. The Kier molecular flexibility index (Phi) is 10.3. The molecule has 0 N–H and O–H groups in total. The van der Waals surface area contributed by atoms with Gasteiger partial charge in [-0.15, -0.1) is 29.7 Å². The van der Waals surface area contributed by atoms with Crippen LogP contribution in [0, 0.1) is 18.5 Å². The molecular weight excluding hydrogens is 1140 g/mol. The molecule has 0 aliphatic carbocycles. The van der Waals surface area contributed by atoms with E-state index < -0.39 is 68.5 Å². The third kappa shape index (κ3) is 8.84. The van der Waals surface area contributed by atoms with Crippen molar-refractivity contribution in [2.24, 2.45) is 0 Å². The van der Waals surface area contributed by atoms with Crippen molar-refractivity contribution in [2.45, 2.75) is 26.2 Å². The standard InChI is InChI=1S/C70H52N4OSi.Pt/c1-70(2,3)52-43-44-71-68(45-52)74-66-47-55(39-41-62(66)63-42-40-59(48-67(63)74)76(56-29-13-6-14-30-56,57-31-15-7-16-32-57)58-33-17-8-18-34-58)75-54-28-21-27-53(46-54)72-49-73(65-38-20-19-37-64(65)72)69-60(50-23-9-4-10-24-50)35-22-36-61(69)51-25-11-5-12-26-51;/h4-45,48H,1-3H3;/q-2;/i4D,5D,9D,10D,11D,12D,23D,24D,25D,26D;. The van der Waals surface area contributed by atoms with Gasteiger partial charge in [0.05, 0.1) is 30.4 Å². The summed E-state index contributed by atoms with van der Waals surface area (Å²) in [5, 5.41) is 6.94. The van der Waals surface area contributed by atoms with Gasteiger partial charge in [0.15, 0.2) is 8.07 Å². The van der Waals surface area contributed by atoms with E-state index in [-0.39, 0.29) is 54.4 Å². The monoisotopic (exact) mass is 1200 g/mol. The first kappa shape index (κ1) is 38.8. The van der Waals surface area contributed by atoms with Crippen molar-refractivity contribution in [1.82, 2.24) is 14.1 Å². The van der Waals surface area contributed by atoms with Gasteiger partial charge in [-0.2, -0.15) is 18.2 Å². The first-order valence-electron chi connectivity index (χ1n) is 30.0. The first-order chi connectivity index (χ1) is 41.5. The summed E-state index contributed by atoms with van der Waals surface area (Å²) in [7, 11) is -2.97. The van der Waals surface area contributed by atoms with Gasteiger partial charge in [0.25, 0.3) is 6.33 Å². The van der Waals surface area contributed by atoms with Gasteiger partial charge in [-0.3, -0.25) is 4.57 Å². The molecule has 0 saturated carbocycles. The van der Waals surface area contributed by atoms with Crippen molar-refractivity contribution in [1.29, 1.82) is 0 Å². The van der Waals surface area contributed by atoms with Crippen LogP contribution in [0.15, 0.2) is 261 Å². The number of nitrogens with zero attached hydrogens (tertiary/aromatic N) is 4. The number of aromatic nitrogens is 4. The summed E-state index contributed by atoms with van der Waals surface area (Å²) < 4.78 is 100. The molecule has 10 aromatic carbocycles. The molecule has 13 aromatic rings. The van der Waals surface area contributed by atoms with Gasteiger partial charge in [0, 0.05) is 44.3 Å². The molecule has 374 valence electrons. The summed E-state index contributed by atoms with van der Waals surface area (Å²) in [6.07, 6.45) is 5.31. The zero-order chi connectivity index (χ0) is 59.9. The maximum Gasteiger partial charge on any atom is 0.268 e. The minimum atomic E-state index is -2.97. The average molecular weight is 1200 g/mol. The molecule has 0 spiro atoms. The Morgan fingerprint density at radius 3 is 1.73 bits per heavy atom. The average Bonchev–Trinajstić information content (AvgIpc) is 1.75. The summed E-state index contributed by atoms with van der Waals surface area (Å²) >= 11 is 0. The molecule has 0 atom stereocenters. The van der Waals surface area contributed by atoms with Crippen molar-refractivity contribution >= 4 is 61.7 Å². The van der Waals surface area contributed by atoms with Crippen LogP contribution in [0.3, 0.4) is 0 Å². The number of para-hydroxylation sites is 3. The summed E-state index contributed by atoms with van der Waals surface area (Å²) in [6.45, 7) is 6.58. The number of fused-ring (bicyclic) bond motifs is 4. The van der Waals surface area contributed by atoms with E-state index in [1.54, 1.807) is 33.4 Å². The first-order valence-corrected chi connectivity index (χ1v) is 27.0. The van der Waals surface area contributed by atoms with E-state index in [0.717, 1.165) is 33.2 Å². The Balaban J connectivity index is 0.00000739. The Labute approximate surface area is 479 Å². The maximum absolute atomic E-state index is 9.10. The minimum absolute atomic E-state index is 0. The van der Waals surface area contributed by atoms with Gasteiger partial charge in [-0.25, -0.2) is 4.98 Å². The Morgan fingerprint density at radius 1 is 0.532 bits per heavy atom. The van der Waals surface area contributed by atoms with Crippen molar-refractivity contribution in [2.75, 3.05) is 0 Å². The van der Waals surface area contributed by atoms with Gasteiger partial charge in [-0.05, 0) is 83.3 Å². The van der Waals surface area contributed by atoms with Crippen LogP contribution in [0.1, 0.15) is 40.0 Å². The van der Waals surface area contributed by atoms with Crippen LogP contribution in [-0.2, 0) is 26.5 Å². The van der Waals surface area contributed by atoms with Crippen molar-refractivity contribution in [3.05, 3.63) is 285 Å². The number of hydrogen-bond donors (Lipinski definition) is 0. The second kappa shape index (κ2) is 20.5. The number of imidazole rings is 1. The van der Waals surface area contributed by atoms with Gasteiger partial charge in [0.1, 0.15) is 5.82 Å². The topological polar surface area (TPSA) is 35.9 Å². The largest absolute Gasteiger partial charge is 0.510 e. The molecule has 0 aliphatic rings. The van der Waals surface area contributed by atoms with Crippen molar-refractivity contribution in [3.63, 3.8) is 0 Å². The molecular formula is C70H52N4OPtSi-2. The minimum Gasteiger partial charge on any atom is -0.510 e. The van der Waals surface area contributed by atoms with Gasteiger partial charge in [0.2, 0.25) is 0 Å². The summed E-state index contributed by atoms with van der Waals surface area (Å²) in [6, 6.07) is 67.0. The van der Waals surface area contributed by atoms with Crippen LogP contribution in [0.5, 0.6) is 11.5 Å². The fourth-order valence-corrected chi connectivity index (χ4v) is 15.4. The van der Waals surface area contributed by atoms with Crippen LogP contribution >= 0.6 is 0 Å². The number of pyridine rings is 1. The van der Waals surface area contributed by atoms with E-state index in [2.05, 4.69) is 171 Å². The molecule has 0 amide bonds. The predicted octanol–water partition coefficient (Wildman–Crippen LogP) is 13.6. The molecule has 5 nitrogen and oxygen atoms in total. The van der Waals surface area contributed by atoms with E-state index >= 15 is 0 Å².